The van der Waals surface area contributed by atoms with Crippen molar-refractivity contribution < 1.29 is 14.3 Å². The van der Waals surface area contributed by atoms with Crippen LogP contribution < -0.4 is 0 Å². The van der Waals surface area contributed by atoms with Gasteiger partial charge in [-0.2, -0.15) is 0 Å². The number of nitrogens with zero attached hydrogens (tertiary/aromatic N) is 1. The van der Waals surface area contributed by atoms with Gasteiger partial charge >= 0.3 is 5.97 Å². The summed E-state index contributed by atoms with van der Waals surface area (Å²) in [6.45, 7) is 2.71. The van der Waals surface area contributed by atoms with E-state index >= 15 is 0 Å². The minimum atomic E-state index is -0.798. The van der Waals surface area contributed by atoms with Crippen LogP contribution in [0.4, 0.5) is 0 Å². The van der Waals surface area contributed by atoms with Crippen LogP contribution in [-0.4, -0.2) is 16.8 Å². The lowest BCUT2D eigenvalue weighted by Crippen LogP contribution is -2.39. The van der Waals surface area contributed by atoms with Gasteiger partial charge in [-0.05, 0) is 23.1 Å². The Balaban J connectivity index is 1.83. The van der Waals surface area contributed by atoms with Gasteiger partial charge in [0.05, 0.1) is 0 Å². The molecule has 34 heavy (non-hydrogen) atoms. The van der Waals surface area contributed by atoms with Crippen molar-refractivity contribution in [2.75, 3.05) is 0 Å². The molecule has 3 aromatic carbocycles. The van der Waals surface area contributed by atoms with Crippen LogP contribution in [0, 0.1) is 0 Å². The van der Waals surface area contributed by atoms with E-state index in [1.807, 2.05) is 91.0 Å². The third-order valence-electron chi connectivity index (χ3n) is 5.88. The van der Waals surface area contributed by atoms with E-state index in [4.69, 9.17) is 4.74 Å². The van der Waals surface area contributed by atoms with Crippen LogP contribution in [0.1, 0.15) is 68.2 Å². The zero-order valence-corrected chi connectivity index (χ0v) is 20.1. The molecule has 0 aliphatic heterocycles. The van der Waals surface area contributed by atoms with Gasteiger partial charge < -0.3 is 9.64 Å². The van der Waals surface area contributed by atoms with Crippen molar-refractivity contribution in [2.45, 2.75) is 64.6 Å². The van der Waals surface area contributed by atoms with Crippen molar-refractivity contribution in [3.05, 3.63) is 108 Å². The number of hydrogen-bond donors (Lipinski definition) is 0. The molecule has 1 atom stereocenters. The topological polar surface area (TPSA) is 46.6 Å². The predicted octanol–water partition coefficient (Wildman–Crippen LogP) is 6.86. The van der Waals surface area contributed by atoms with Crippen LogP contribution >= 0.6 is 0 Å². The Kier molecular flexibility index (Phi) is 10.4. The normalized spacial score (nSPS) is 11.6. The molecule has 0 aliphatic rings. The van der Waals surface area contributed by atoms with E-state index in [9.17, 15) is 9.59 Å². The number of rotatable bonds is 13. The molecule has 3 rings (SSSR count). The SMILES string of the molecule is CCCCCCCC(=O)N(Cc1ccccc1)C(C(=O)OCc1ccccc1)c1ccccc1. The molecule has 0 aliphatic carbocycles. The molecule has 0 bridgehead atoms. The van der Waals surface area contributed by atoms with Gasteiger partial charge in [0.2, 0.25) is 5.91 Å². The minimum absolute atomic E-state index is 0.0223. The van der Waals surface area contributed by atoms with Gasteiger partial charge in [-0.15, -0.1) is 0 Å². The predicted molar refractivity (Wildman–Crippen MR) is 136 cm³/mol. The number of amides is 1. The molecule has 4 heteroatoms. The summed E-state index contributed by atoms with van der Waals surface area (Å²) < 4.78 is 5.74. The van der Waals surface area contributed by atoms with Crippen molar-refractivity contribution in [1.82, 2.24) is 4.90 Å². The maximum atomic E-state index is 13.5. The molecule has 0 aromatic heterocycles. The summed E-state index contributed by atoms with van der Waals surface area (Å²) in [5.41, 5.74) is 2.66. The molecule has 0 radical (unpaired) electrons. The summed E-state index contributed by atoms with van der Waals surface area (Å²) in [5, 5.41) is 0. The lowest BCUT2D eigenvalue weighted by Gasteiger charge is -2.31. The Hall–Kier alpha value is -3.40. The van der Waals surface area contributed by atoms with Gasteiger partial charge in [0, 0.05) is 13.0 Å². The van der Waals surface area contributed by atoms with Gasteiger partial charge in [0.1, 0.15) is 6.61 Å². The summed E-state index contributed by atoms with van der Waals surface area (Å²) in [6, 6.07) is 28.1. The fourth-order valence-corrected chi connectivity index (χ4v) is 4.01. The number of hydrogen-bond acceptors (Lipinski definition) is 3. The van der Waals surface area contributed by atoms with Crippen molar-refractivity contribution in [1.29, 1.82) is 0 Å². The highest BCUT2D eigenvalue weighted by Gasteiger charge is 2.32. The molecule has 1 amide bonds. The number of ether oxygens (including phenoxy) is 1. The molecule has 0 saturated heterocycles. The van der Waals surface area contributed by atoms with E-state index < -0.39 is 12.0 Å². The molecule has 0 spiro atoms. The first-order valence-electron chi connectivity index (χ1n) is 12.3. The quantitative estimate of drug-likeness (QED) is 0.208. The summed E-state index contributed by atoms with van der Waals surface area (Å²) in [7, 11) is 0. The van der Waals surface area contributed by atoms with E-state index in [-0.39, 0.29) is 12.5 Å². The van der Waals surface area contributed by atoms with Crippen LogP contribution in [0.2, 0.25) is 0 Å². The van der Waals surface area contributed by atoms with Crippen LogP contribution in [0.3, 0.4) is 0 Å². The van der Waals surface area contributed by atoms with Gasteiger partial charge in [-0.3, -0.25) is 4.79 Å². The zero-order chi connectivity index (χ0) is 24.0. The Labute approximate surface area is 203 Å². The monoisotopic (exact) mass is 457 g/mol. The summed E-state index contributed by atoms with van der Waals surface area (Å²) in [5.74, 6) is -0.434. The first kappa shape index (κ1) is 25.2. The minimum Gasteiger partial charge on any atom is -0.459 e. The number of benzene rings is 3. The number of carbonyl (C=O) groups is 2. The van der Waals surface area contributed by atoms with Crippen molar-refractivity contribution in [3.8, 4) is 0 Å². The molecule has 4 nitrogen and oxygen atoms in total. The molecule has 0 saturated carbocycles. The van der Waals surface area contributed by atoms with Crippen LogP contribution in [0.25, 0.3) is 0 Å². The van der Waals surface area contributed by atoms with E-state index in [1.165, 1.54) is 6.42 Å². The lowest BCUT2D eigenvalue weighted by atomic mass is 10.0. The van der Waals surface area contributed by atoms with Crippen molar-refractivity contribution in [2.24, 2.45) is 0 Å². The average Bonchev–Trinajstić information content (AvgIpc) is 2.88. The maximum absolute atomic E-state index is 13.5. The fraction of sp³-hybridized carbons (Fsp3) is 0.333. The molecular formula is C30H35NO3. The van der Waals surface area contributed by atoms with Gasteiger partial charge in [0.25, 0.3) is 0 Å². The van der Waals surface area contributed by atoms with Crippen LogP contribution in [0.5, 0.6) is 0 Å². The Morgan fingerprint density at radius 1 is 0.735 bits per heavy atom. The van der Waals surface area contributed by atoms with Crippen LogP contribution in [-0.2, 0) is 27.5 Å². The molecule has 0 heterocycles. The van der Waals surface area contributed by atoms with Gasteiger partial charge in [-0.1, -0.05) is 124 Å². The van der Waals surface area contributed by atoms with Crippen molar-refractivity contribution in [3.63, 3.8) is 0 Å². The Bertz CT molecular complexity index is 989. The zero-order valence-electron chi connectivity index (χ0n) is 20.1. The fourth-order valence-electron chi connectivity index (χ4n) is 4.01. The number of unbranched alkanes of at least 4 members (excludes halogenated alkanes) is 4. The standard InChI is InChI=1S/C30H35NO3/c1-2-3-4-5-15-22-28(32)31(23-25-16-9-6-10-17-25)29(27-20-13-8-14-21-27)30(33)34-24-26-18-11-7-12-19-26/h6-14,16-21,29H,2-5,15,22-24H2,1H3. The van der Waals surface area contributed by atoms with Gasteiger partial charge in [-0.25, -0.2) is 4.79 Å². The second-order valence-corrected chi connectivity index (χ2v) is 8.58. The summed E-state index contributed by atoms with van der Waals surface area (Å²) in [6.07, 6.45) is 5.74. The average molecular weight is 458 g/mol. The third-order valence-corrected chi connectivity index (χ3v) is 5.88. The molecule has 0 N–H and O–H groups in total. The van der Waals surface area contributed by atoms with E-state index in [0.717, 1.165) is 42.4 Å². The molecule has 3 aromatic rings. The van der Waals surface area contributed by atoms with E-state index in [2.05, 4.69) is 6.92 Å². The Morgan fingerprint density at radius 3 is 1.91 bits per heavy atom. The third kappa shape index (κ3) is 7.87. The first-order valence-corrected chi connectivity index (χ1v) is 12.3. The summed E-state index contributed by atoms with van der Waals surface area (Å²) >= 11 is 0. The highest BCUT2D eigenvalue weighted by Crippen LogP contribution is 2.27. The Morgan fingerprint density at radius 2 is 1.29 bits per heavy atom. The van der Waals surface area contributed by atoms with Crippen LogP contribution in [0.15, 0.2) is 91.0 Å². The molecular weight excluding hydrogens is 422 g/mol. The van der Waals surface area contributed by atoms with Crippen molar-refractivity contribution >= 4 is 11.9 Å². The maximum Gasteiger partial charge on any atom is 0.333 e. The second kappa shape index (κ2) is 14.0. The highest BCUT2D eigenvalue weighted by atomic mass is 16.5. The number of esters is 1. The van der Waals surface area contributed by atoms with E-state index in [1.54, 1.807) is 4.90 Å². The highest BCUT2D eigenvalue weighted by molar-refractivity contribution is 5.85. The van der Waals surface area contributed by atoms with E-state index in [0.29, 0.717) is 13.0 Å². The second-order valence-electron chi connectivity index (χ2n) is 8.58. The summed E-state index contributed by atoms with van der Waals surface area (Å²) in [4.78, 5) is 28.6. The smallest absolute Gasteiger partial charge is 0.333 e. The largest absolute Gasteiger partial charge is 0.459 e. The molecule has 0 fully saturated rings. The first-order chi connectivity index (χ1) is 16.7. The molecule has 1 unspecified atom stereocenters. The van der Waals surface area contributed by atoms with Gasteiger partial charge in [0.15, 0.2) is 6.04 Å². The molecule has 178 valence electrons. The number of carbonyl (C=O) groups excluding carboxylic acids is 2. The lowest BCUT2D eigenvalue weighted by molar-refractivity contribution is -0.157.